The van der Waals surface area contributed by atoms with Crippen molar-refractivity contribution in [3.63, 3.8) is 0 Å². The summed E-state index contributed by atoms with van der Waals surface area (Å²) in [7, 11) is 0. The summed E-state index contributed by atoms with van der Waals surface area (Å²) in [5.74, 6) is -0.165. The number of halogens is 1. The van der Waals surface area contributed by atoms with Crippen LogP contribution in [-0.4, -0.2) is 25.9 Å². The Labute approximate surface area is 141 Å². The van der Waals surface area contributed by atoms with Crippen molar-refractivity contribution < 1.29 is 9.18 Å². The molecule has 0 spiro atoms. The number of nitrogens with zero attached hydrogens (tertiary/aromatic N) is 4. The molecule has 1 aliphatic rings. The Hall–Kier alpha value is -2.61. The number of aryl methyl sites for hydroxylation is 1. The van der Waals surface area contributed by atoms with E-state index in [2.05, 4.69) is 20.6 Å². The van der Waals surface area contributed by atoms with Crippen molar-refractivity contribution in [3.05, 3.63) is 52.9 Å². The molecule has 122 valence electrons. The third-order valence-corrected chi connectivity index (χ3v) is 4.94. The van der Waals surface area contributed by atoms with Gasteiger partial charge in [0.1, 0.15) is 10.8 Å². The van der Waals surface area contributed by atoms with Crippen molar-refractivity contribution in [2.45, 2.75) is 25.2 Å². The molecule has 4 rings (SSSR count). The van der Waals surface area contributed by atoms with E-state index in [1.807, 2.05) is 6.92 Å². The number of nitrogens with one attached hydrogen (secondary N) is 1. The Morgan fingerprint density at radius 3 is 2.75 bits per heavy atom. The largest absolute Gasteiger partial charge is 0.308 e. The van der Waals surface area contributed by atoms with Gasteiger partial charge in [0, 0.05) is 17.8 Å². The predicted molar refractivity (Wildman–Crippen MR) is 87.7 cm³/mol. The van der Waals surface area contributed by atoms with E-state index in [1.165, 1.54) is 17.4 Å². The first-order chi connectivity index (χ1) is 11.6. The van der Waals surface area contributed by atoms with E-state index in [0.717, 1.165) is 5.01 Å². The number of hydrogen-bond donors (Lipinski definition) is 1. The molecule has 1 aromatic carbocycles. The molecule has 0 aliphatic heterocycles. The van der Waals surface area contributed by atoms with Gasteiger partial charge in [-0.15, -0.1) is 15.3 Å². The van der Waals surface area contributed by atoms with E-state index < -0.39 is 5.41 Å². The number of hydrogen-bond acceptors (Lipinski definition) is 5. The van der Waals surface area contributed by atoms with Gasteiger partial charge in [0.25, 0.3) is 0 Å². The molecule has 0 saturated heterocycles. The predicted octanol–water partition coefficient (Wildman–Crippen LogP) is 2.84. The van der Waals surface area contributed by atoms with Crippen LogP contribution in [0.1, 0.15) is 23.4 Å². The lowest BCUT2D eigenvalue weighted by Crippen LogP contribution is -2.29. The van der Waals surface area contributed by atoms with Crippen molar-refractivity contribution >= 4 is 23.1 Å². The number of benzene rings is 1. The summed E-state index contributed by atoms with van der Waals surface area (Å²) in [6.45, 7) is 1.86. The zero-order chi connectivity index (χ0) is 16.7. The molecule has 0 bridgehead atoms. The maximum atomic E-state index is 14.0. The summed E-state index contributed by atoms with van der Waals surface area (Å²) < 4.78 is 15.6. The minimum absolute atomic E-state index is 0.230. The summed E-state index contributed by atoms with van der Waals surface area (Å²) in [5.41, 5.74) is -0.337. The third kappa shape index (κ3) is 2.48. The van der Waals surface area contributed by atoms with E-state index in [1.54, 1.807) is 35.1 Å². The topological polar surface area (TPSA) is 72.7 Å². The molecule has 3 aromatic rings. The van der Waals surface area contributed by atoms with Crippen LogP contribution < -0.4 is 5.32 Å². The van der Waals surface area contributed by atoms with E-state index in [0.29, 0.717) is 29.4 Å². The summed E-state index contributed by atoms with van der Waals surface area (Å²) in [6.07, 6.45) is 2.98. The standard InChI is InChI=1S/C16H14FN5OS/c1-10-19-20-15(24-10)22-9-6-13(21-22)18-14(23)16(7-8-16)11-4-2-3-5-12(11)17/h2-6,9H,7-8H2,1H3,(H,18,21,23). The molecule has 6 nitrogen and oxygen atoms in total. The van der Waals surface area contributed by atoms with Crippen LogP contribution >= 0.6 is 11.3 Å². The van der Waals surface area contributed by atoms with Crippen molar-refractivity contribution in [3.8, 4) is 5.13 Å². The quantitative estimate of drug-likeness (QED) is 0.791. The highest BCUT2D eigenvalue weighted by Gasteiger charge is 2.52. The van der Waals surface area contributed by atoms with Gasteiger partial charge in [0.05, 0.1) is 5.41 Å². The Bertz CT molecular complexity index is 915. The maximum absolute atomic E-state index is 14.0. The van der Waals surface area contributed by atoms with Crippen LogP contribution in [0.25, 0.3) is 5.13 Å². The highest BCUT2D eigenvalue weighted by molar-refractivity contribution is 7.13. The SMILES string of the molecule is Cc1nnc(-n2ccc(NC(=O)C3(c4ccccc4F)CC3)n2)s1. The average Bonchev–Trinajstić information content (AvgIpc) is 3.05. The lowest BCUT2D eigenvalue weighted by atomic mass is 9.94. The third-order valence-electron chi connectivity index (χ3n) is 4.12. The van der Waals surface area contributed by atoms with E-state index in [9.17, 15) is 9.18 Å². The number of carbonyl (C=O) groups excluding carboxylic acids is 1. The molecular formula is C16H14FN5OS. The van der Waals surface area contributed by atoms with Crippen LogP contribution in [0.5, 0.6) is 0 Å². The van der Waals surface area contributed by atoms with Gasteiger partial charge in [-0.05, 0) is 25.8 Å². The van der Waals surface area contributed by atoms with Crippen LogP contribution in [0.3, 0.4) is 0 Å². The Balaban J connectivity index is 1.55. The van der Waals surface area contributed by atoms with Crippen LogP contribution in [0.15, 0.2) is 36.5 Å². The molecule has 1 aliphatic carbocycles. The lowest BCUT2D eigenvalue weighted by Gasteiger charge is -2.15. The first-order valence-corrected chi connectivity index (χ1v) is 8.33. The fraction of sp³-hybridized carbons (Fsp3) is 0.250. The summed E-state index contributed by atoms with van der Waals surface area (Å²) >= 11 is 1.41. The monoisotopic (exact) mass is 343 g/mol. The van der Waals surface area contributed by atoms with Crippen LogP contribution in [0.2, 0.25) is 0 Å². The van der Waals surface area contributed by atoms with Crippen molar-refractivity contribution in [1.82, 2.24) is 20.0 Å². The number of rotatable bonds is 4. The van der Waals surface area contributed by atoms with Gasteiger partial charge < -0.3 is 5.32 Å². The second kappa shape index (κ2) is 5.48. The average molecular weight is 343 g/mol. The molecule has 2 heterocycles. The Kier molecular flexibility index (Phi) is 3.42. The van der Waals surface area contributed by atoms with Gasteiger partial charge in [-0.25, -0.2) is 9.07 Å². The number of amides is 1. The molecule has 0 radical (unpaired) electrons. The van der Waals surface area contributed by atoms with Gasteiger partial charge >= 0.3 is 0 Å². The van der Waals surface area contributed by atoms with Crippen molar-refractivity contribution in [2.24, 2.45) is 0 Å². The minimum atomic E-state index is -0.783. The number of aromatic nitrogens is 4. The molecule has 0 atom stereocenters. The Morgan fingerprint density at radius 1 is 1.29 bits per heavy atom. The van der Waals surface area contributed by atoms with Crippen LogP contribution in [0, 0.1) is 12.7 Å². The fourth-order valence-corrected chi connectivity index (χ4v) is 3.33. The van der Waals surface area contributed by atoms with E-state index in [4.69, 9.17) is 0 Å². The second-order valence-electron chi connectivity index (χ2n) is 5.77. The minimum Gasteiger partial charge on any atom is -0.308 e. The zero-order valence-corrected chi connectivity index (χ0v) is 13.7. The Morgan fingerprint density at radius 2 is 2.08 bits per heavy atom. The molecule has 0 unspecified atom stereocenters. The normalized spacial score (nSPS) is 15.2. The van der Waals surface area contributed by atoms with Gasteiger partial charge in [0.15, 0.2) is 5.82 Å². The van der Waals surface area contributed by atoms with Crippen molar-refractivity contribution in [2.75, 3.05) is 5.32 Å². The maximum Gasteiger partial charge on any atom is 0.236 e. The first-order valence-electron chi connectivity index (χ1n) is 7.51. The number of carbonyl (C=O) groups is 1. The second-order valence-corrected chi connectivity index (χ2v) is 6.93. The molecule has 1 fully saturated rings. The molecule has 8 heteroatoms. The first kappa shape index (κ1) is 14.9. The number of anilines is 1. The van der Waals surface area contributed by atoms with Crippen molar-refractivity contribution in [1.29, 1.82) is 0 Å². The van der Waals surface area contributed by atoms with Crippen LogP contribution in [-0.2, 0) is 10.2 Å². The van der Waals surface area contributed by atoms with Gasteiger partial charge in [-0.2, -0.15) is 0 Å². The van der Waals surface area contributed by atoms with Gasteiger partial charge in [-0.3, -0.25) is 4.79 Å². The molecule has 2 aromatic heterocycles. The zero-order valence-electron chi connectivity index (χ0n) is 12.9. The van der Waals surface area contributed by atoms with E-state index in [-0.39, 0.29) is 11.7 Å². The van der Waals surface area contributed by atoms with Gasteiger partial charge in [-0.1, -0.05) is 29.5 Å². The summed E-state index contributed by atoms with van der Waals surface area (Å²) in [5, 5.41) is 16.5. The van der Waals surface area contributed by atoms with Crippen LogP contribution in [0.4, 0.5) is 10.2 Å². The lowest BCUT2D eigenvalue weighted by molar-refractivity contribution is -0.118. The molecule has 1 amide bonds. The molecule has 24 heavy (non-hydrogen) atoms. The van der Waals surface area contributed by atoms with E-state index >= 15 is 0 Å². The fourth-order valence-electron chi connectivity index (χ4n) is 2.70. The van der Waals surface area contributed by atoms with Gasteiger partial charge in [0.2, 0.25) is 11.0 Å². The highest BCUT2D eigenvalue weighted by atomic mass is 32.1. The molecule has 1 N–H and O–H groups in total. The molecule has 1 saturated carbocycles. The smallest absolute Gasteiger partial charge is 0.236 e. The summed E-state index contributed by atoms with van der Waals surface area (Å²) in [6, 6.07) is 8.11. The molecular weight excluding hydrogens is 329 g/mol. The summed E-state index contributed by atoms with van der Waals surface area (Å²) in [4.78, 5) is 12.6. The highest BCUT2D eigenvalue weighted by Crippen LogP contribution is 2.49.